The van der Waals surface area contributed by atoms with Gasteiger partial charge in [-0.05, 0) is 48.3 Å². The van der Waals surface area contributed by atoms with Gasteiger partial charge in [0.1, 0.15) is 0 Å². The van der Waals surface area contributed by atoms with Gasteiger partial charge in [-0.3, -0.25) is 4.79 Å². The van der Waals surface area contributed by atoms with Gasteiger partial charge in [-0.25, -0.2) is 0 Å². The second-order valence-corrected chi connectivity index (χ2v) is 6.61. The first-order valence-corrected chi connectivity index (χ1v) is 6.87. The first-order chi connectivity index (χ1) is 10.5. The monoisotopic (exact) mass is 258 g/mol. The predicted molar refractivity (Wildman–Crippen MR) is 78.8 cm³/mol. The maximum Gasteiger partial charge on any atom is 0.165 e. The van der Waals surface area contributed by atoms with E-state index in [0.29, 0.717) is 11.1 Å². The van der Waals surface area contributed by atoms with E-state index in [9.17, 15) is 4.79 Å². The van der Waals surface area contributed by atoms with Crippen LogP contribution >= 0.6 is 0 Å². The van der Waals surface area contributed by atoms with Crippen molar-refractivity contribution in [1.29, 1.82) is 0 Å². The summed E-state index contributed by atoms with van der Waals surface area (Å²) in [5.41, 5.74) is 0.744. The van der Waals surface area contributed by atoms with Crippen LogP contribution in [0.1, 0.15) is 50.2 Å². The van der Waals surface area contributed by atoms with Crippen molar-refractivity contribution < 1.29 is 10.3 Å². The highest BCUT2D eigenvalue weighted by Gasteiger charge is 2.63. The van der Waals surface area contributed by atoms with Crippen LogP contribution in [-0.4, -0.2) is 5.78 Å². The van der Waals surface area contributed by atoms with Crippen molar-refractivity contribution in [2.75, 3.05) is 0 Å². The molecule has 0 saturated heterocycles. The van der Waals surface area contributed by atoms with Crippen LogP contribution in [0.3, 0.4) is 0 Å². The van der Waals surface area contributed by atoms with Gasteiger partial charge in [0.15, 0.2) is 5.78 Å². The first-order valence-electron chi connectivity index (χ1n) is 8.87. The van der Waals surface area contributed by atoms with Crippen LogP contribution in [-0.2, 0) is 4.79 Å². The summed E-state index contributed by atoms with van der Waals surface area (Å²) in [4.78, 5) is 12.9. The van der Waals surface area contributed by atoms with Gasteiger partial charge >= 0.3 is 0 Å². The number of Topliss-reactive ketones (excluding diaryl/α,β-unsaturated/α-hetero) is 1. The Kier molecular flexibility index (Phi) is 1.75. The number of hydrogen-bond donors (Lipinski definition) is 0. The van der Waals surface area contributed by atoms with Gasteiger partial charge in [-0.1, -0.05) is 50.5 Å². The maximum absolute atomic E-state index is 12.9. The van der Waals surface area contributed by atoms with E-state index in [-0.39, 0.29) is 52.3 Å². The molecule has 0 radical (unpaired) electrons. The molecular formula is C18H22O. The van der Waals surface area contributed by atoms with E-state index in [1.807, 2.05) is 6.92 Å². The lowest BCUT2D eigenvalue weighted by Gasteiger charge is -2.31. The number of rotatable bonds is 1. The van der Waals surface area contributed by atoms with Crippen LogP contribution < -0.4 is 0 Å². The summed E-state index contributed by atoms with van der Waals surface area (Å²) in [6, 6.07) is -0.179. The standard InChI is InChI=1S/C18H22O/c1-12-5-7-13(8-6-12)11-14-15-9-10-18(4,16(14)19)17(15,2)3/h5-8,11,15H,9-10H2,1-4H3/b14-11-/i5D,6D,7D,8D. The van der Waals surface area contributed by atoms with Gasteiger partial charge in [0.2, 0.25) is 0 Å². The van der Waals surface area contributed by atoms with E-state index in [2.05, 4.69) is 13.8 Å². The summed E-state index contributed by atoms with van der Waals surface area (Å²) < 4.78 is 32.2. The minimum atomic E-state index is -0.383. The lowest BCUT2D eigenvalue weighted by Crippen LogP contribution is -2.32. The summed E-state index contributed by atoms with van der Waals surface area (Å²) in [5, 5.41) is 0. The van der Waals surface area contributed by atoms with Crippen LogP contribution in [0.25, 0.3) is 6.08 Å². The summed E-state index contributed by atoms with van der Waals surface area (Å²) in [6.45, 7) is 7.84. The molecule has 2 aliphatic rings. The van der Waals surface area contributed by atoms with Crippen LogP contribution in [0.2, 0.25) is 0 Å². The van der Waals surface area contributed by atoms with Crippen molar-refractivity contribution in [3.63, 3.8) is 0 Å². The molecule has 0 heterocycles. The van der Waals surface area contributed by atoms with Gasteiger partial charge in [0.05, 0.1) is 5.48 Å². The van der Waals surface area contributed by atoms with Crippen LogP contribution in [0.4, 0.5) is 0 Å². The molecule has 1 aromatic carbocycles. The van der Waals surface area contributed by atoms with E-state index in [1.165, 1.54) is 0 Å². The molecule has 2 bridgehead atoms. The fourth-order valence-corrected chi connectivity index (χ4v) is 3.71. The largest absolute Gasteiger partial charge is 0.294 e. The number of hydrogen-bond acceptors (Lipinski definition) is 1. The van der Waals surface area contributed by atoms with E-state index in [1.54, 1.807) is 13.0 Å². The molecule has 19 heavy (non-hydrogen) atoms. The summed E-state index contributed by atoms with van der Waals surface area (Å²) >= 11 is 0. The molecule has 0 spiro atoms. The lowest BCUT2D eigenvalue weighted by molar-refractivity contribution is -0.125. The Balaban J connectivity index is 2.21. The van der Waals surface area contributed by atoms with E-state index >= 15 is 0 Å². The van der Waals surface area contributed by atoms with Crippen molar-refractivity contribution in [3.8, 4) is 0 Å². The average Bonchev–Trinajstić information content (AvgIpc) is 2.81. The highest BCUT2D eigenvalue weighted by Crippen LogP contribution is 2.65. The molecule has 2 atom stereocenters. The average molecular weight is 258 g/mol. The van der Waals surface area contributed by atoms with Crippen molar-refractivity contribution in [1.82, 2.24) is 0 Å². The van der Waals surface area contributed by atoms with Gasteiger partial charge in [-0.2, -0.15) is 0 Å². The van der Waals surface area contributed by atoms with Gasteiger partial charge in [0.25, 0.3) is 0 Å². The third-order valence-electron chi connectivity index (χ3n) is 5.43. The van der Waals surface area contributed by atoms with Gasteiger partial charge in [0, 0.05) is 5.41 Å². The molecule has 2 aliphatic carbocycles. The number of benzene rings is 1. The molecule has 1 nitrogen and oxygen atoms in total. The Morgan fingerprint density at radius 1 is 1.26 bits per heavy atom. The molecular weight excluding hydrogens is 232 g/mol. The topological polar surface area (TPSA) is 17.1 Å². The molecule has 1 aromatic rings. The van der Waals surface area contributed by atoms with Gasteiger partial charge < -0.3 is 0 Å². The highest BCUT2D eigenvalue weighted by molar-refractivity contribution is 6.07. The zero-order valence-electron chi connectivity index (χ0n) is 16.0. The van der Waals surface area contributed by atoms with Crippen LogP contribution in [0.5, 0.6) is 0 Å². The summed E-state index contributed by atoms with van der Waals surface area (Å²) in [7, 11) is 0. The number of allylic oxidation sites excluding steroid dienone is 1. The second kappa shape index (κ2) is 3.82. The highest BCUT2D eigenvalue weighted by atomic mass is 16.1. The Morgan fingerprint density at radius 3 is 2.42 bits per heavy atom. The third kappa shape index (κ3) is 1.57. The molecule has 0 aromatic heterocycles. The van der Waals surface area contributed by atoms with Crippen molar-refractivity contribution in [2.45, 2.75) is 40.5 Å². The molecule has 2 unspecified atom stereocenters. The molecule has 2 saturated carbocycles. The number of ketones is 1. The van der Waals surface area contributed by atoms with Crippen LogP contribution in [0, 0.1) is 23.7 Å². The number of carbonyl (C=O) groups excluding carboxylic acids is 1. The first kappa shape index (κ1) is 8.73. The molecule has 0 amide bonds. The van der Waals surface area contributed by atoms with E-state index in [0.717, 1.165) is 12.8 Å². The fourth-order valence-electron chi connectivity index (χ4n) is 3.71. The summed E-state index contributed by atoms with van der Waals surface area (Å²) in [5.74, 6) is 0.236. The molecule has 0 N–H and O–H groups in total. The number of fused-ring (bicyclic) bond motifs is 2. The molecule has 100 valence electrons. The SMILES string of the molecule is [2H]c1c([2H])c(/C=C2\C(=O)C3(C)CCC2C3(C)C)c([2H])c([2H])c1C. The van der Waals surface area contributed by atoms with E-state index < -0.39 is 0 Å². The molecule has 3 rings (SSSR count). The van der Waals surface area contributed by atoms with Gasteiger partial charge in [-0.15, -0.1) is 0 Å². The lowest BCUT2D eigenvalue weighted by atomic mass is 9.70. The molecule has 1 heteroatoms. The zero-order chi connectivity index (χ0) is 17.3. The van der Waals surface area contributed by atoms with Crippen LogP contribution in [0.15, 0.2) is 29.7 Å². The van der Waals surface area contributed by atoms with Crippen molar-refractivity contribution >= 4 is 11.9 Å². The molecule has 0 aliphatic heterocycles. The van der Waals surface area contributed by atoms with E-state index in [4.69, 9.17) is 5.48 Å². The third-order valence-corrected chi connectivity index (χ3v) is 5.43. The second-order valence-electron chi connectivity index (χ2n) is 6.61. The minimum Gasteiger partial charge on any atom is -0.294 e. The van der Waals surface area contributed by atoms with Crippen molar-refractivity contribution in [2.24, 2.45) is 16.7 Å². The quantitative estimate of drug-likeness (QED) is 0.682. The van der Waals surface area contributed by atoms with Crippen molar-refractivity contribution in [3.05, 3.63) is 40.9 Å². The summed E-state index contributed by atoms with van der Waals surface area (Å²) in [6.07, 6.45) is 3.44. The Bertz CT molecular complexity index is 734. The molecule has 2 fully saturated rings. The Labute approximate surface area is 121 Å². The zero-order valence-corrected chi connectivity index (χ0v) is 12.0. The minimum absolute atomic E-state index is 0.0288. The Morgan fingerprint density at radius 2 is 1.89 bits per heavy atom. The predicted octanol–water partition coefficient (Wildman–Crippen LogP) is 4.40. The smallest absolute Gasteiger partial charge is 0.165 e. The Hall–Kier alpha value is -1.37. The normalized spacial score (nSPS) is 37.2. The fraction of sp³-hybridized carbons (Fsp3) is 0.500. The maximum atomic E-state index is 12.9. The number of carbonyl (C=O) groups is 1.